The molecule has 0 aromatic heterocycles. The number of nitrogens with one attached hydrogen (secondary N) is 1. The molecule has 1 aliphatic rings. The maximum absolute atomic E-state index is 12.7. The van der Waals surface area contributed by atoms with Crippen LogP contribution in [0.1, 0.15) is 33.6 Å². The molecule has 0 aliphatic carbocycles. The van der Waals surface area contributed by atoms with E-state index in [9.17, 15) is 18.0 Å². The molecule has 0 radical (unpaired) electrons. The smallest absolute Gasteiger partial charge is 0.337 e. The zero-order valence-corrected chi connectivity index (χ0v) is 16.7. The Bertz CT molecular complexity index is 1010. The second-order valence-electron chi connectivity index (χ2n) is 6.28. The molecule has 9 heteroatoms. The molecule has 0 unspecified atom stereocenters. The van der Waals surface area contributed by atoms with Gasteiger partial charge in [-0.25, -0.2) is 13.2 Å². The van der Waals surface area contributed by atoms with Crippen LogP contribution in [0.4, 0.5) is 11.4 Å². The van der Waals surface area contributed by atoms with Gasteiger partial charge in [0.1, 0.15) is 0 Å². The highest BCUT2D eigenvalue weighted by molar-refractivity contribution is 7.92. The Labute approximate surface area is 168 Å². The first-order valence-corrected chi connectivity index (χ1v) is 10.6. The molecule has 0 spiro atoms. The van der Waals surface area contributed by atoms with E-state index < -0.39 is 21.9 Å². The van der Waals surface area contributed by atoms with E-state index in [0.717, 1.165) is 6.42 Å². The standard InChI is InChI=1S/C19H19ClN2O5S/c1-27-19(24)13-4-6-14(7-5-13)21-18(23)16-12-15(8-9-17(16)20)22-10-2-3-11-28(22,25)26/h4-9,12H,2-3,10-11H2,1H3,(H,21,23). The SMILES string of the molecule is COC(=O)c1ccc(NC(=O)c2cc(N3CCCCS3(=O)=O)ccc2Cl)cc1. The van der Waals surface area contributed by atoms with Gasteiger partial charge < -0.3 is 10.1 Å². The van der Waals surface area contributed by atoms with Gasteiger partial charge in [-0.15, -0.1) is 0 Å². The Morgan fingerprint density at radius 2 is 1.82 bits per heavy atom. The predicted molar refractivity (Wildman–Crippen MR) is 108 cm³/mol. The minimum atomic E-state index is -3.39. The summed E-state index contributed by atoms with van der Waals surface area (Å²) in [6.45, 7) is 0.375. The fraction of sp³-hybridized carbons (Fsp3) is 0.263. The highest BCUT2D eigenvalue weighted by atomic mass is 35.5. The number of amides is 1. The van der Waals surface area contributed by atoms with Crippen LogP contribution < -0.4 is 9.62 Å². The summed E-state index contributed by atoms with van der Waals surface area (Å²) in [6.07, 6.45) is 1.39. The number of ether oxygens (including phenoxy) is 1. The number of benzene rings is 2. The summed E-state index contributed by atoms with van der Waals surface area (Å²) < 4.78 is 30.6. The fourth-order valence-corrected chi connectivity index (χ4v) is 4.76. The normalized spacial score (nSPS) is 15.7. The molecular weight excluding hydrogens is 404 g/mol. The molecule has 0 saturated carbocycles. The molecule has 148 valence electrons. The number of anilines is 2. The van der Waals surface area contributed by atoms with Crippen molar-refractivity contribution in [1.82, 2.24) is 0 Å². The van der Waals surface area contributed by atoms with Crippen molar-refractivity contribution in [2.24, 2.45) is 0 Å². The maximum atomic E-state index is 12.7. The average Bonchev–Trinajstić information content (AvgIpc) is 2.68. The van der Waals surface area contributed by atoms with Crippen LogP contribution in [0.15, 0.2) is 42.5 Å². The number of methoxy groups -OCH3 is 1. The van der Waals surface area contributed by atoms with Crippen LogP contribution in [0.3, 0.4) is 0 Å². The molecule has 2 aromatic carbocycles. The third kappa shape index (κ3) is 4.28. The van der Waals surface area contributed by atoms with Crippen molar-refractivity contribution in [3.05, 3.63) is 58.6 Å². The molecule has 1 aliphatic heterocycles. The molecular formula is C19H19ClN2O5S. The number of halogens is 1. The van der Waals surface area contributed by atoms with Crippen molar-refractivity contribution >= 4 is 44.9 Å². The molecule has 7 nitrogen and oxygen atoms in total. The largest absolute Gasteiger partial charge is 0.465 e. The molecule has 1 amide bonds. The quantitative estimate of drug-likeness (QED) is 0.763. The molecule has 0 bridgehead atoms. The Morgan fingerprint density at radius 3 is 2.46 bits per heavy atom. The second-order valence-corrected chi connectivity index (χ2v) is 8.70. The number of esters is 1. The number of carbonyl (C=O) groups excluding carboxylic acids is 2. The van der Waals surface area contributed by atoms with Gasteiger partial charge in [0.25, 0.3) is 5.91 Å². The number of nitrogens with zero attached hydrogens (tertiary/aromatic N) is 1. The third-order valence-electron chi connectivity index (χ3n) is 4.40. The van der Waals surface area contributed by atoms with E-state index in [4.69, 9.17) is 11.6 Å². The number of rotatable bonds is 4. The lowest BCUT2D eigenvalue weighted by atomic mass is 10.1. The first-order valence-electron chi connectivity index (χ1n) is 8.61. The van der Waals surface area contributed by atoms with Gasteiger partial charge in [0.05, 0.1) is 34.7 Å². The van der Waals surface area contributed by atoms with Crippen molar-refractivity contribution < 1.29 is 22.7 Å². The first kappa shape index (κ1) is 20.2. The van der Waals surface area contributed by atoms with E-state index in [1.54, 1.807) is 18.2 Å². The van der Waals surface area contributed by atoms with Crippen molar-refractivity contribution in [2.75, 3.05) is 29.0 Å². The summed E-state index contributed by atoms with van der Waals surface area (Å²) >= 11 is 6.16. The van der Waals surface area contributed by atoms with Crippen molar-refractivity contribution in [1.29, 1.82) is 0 Å². The topological polar surface area (TPSA) is 92.8 Å². The molecule has 28 heavy (non-hydrogen) atoms. The zero-order valence-electron chi connectivity index (χ0n) is 15.1. The van der Waals surface area contributed by atoms with E-state index in [1.165, 1.54) is 35.7 Å². The Kier molecular flexibility index (Phi) is 5.90. The van der Waals surface area contributed by atoms with Gasteiger partial charge in [-0.05, 0) is 55.3 Å². The van der Waals surface area contributed by atoms with Crippen LogP contribution in [0.2, 0.25) is 5.02 Å². The van der Waals surface area contributed by atoms with E-state index in [1.807, 2.05) is 0 Å². The van der Waals surface area contributed by atoms with Gasteiger partial charge in [0.15, 0.2) is 0 Å². The summed E-state index contributed by atoms with van der Waals surface area (Å²) in [6, 6.07) is 10.8. The first-order chi connectivity index (χ1) is 13.3. The van der Waals surface area contributed by atoms with Crippen LogP contribution in [-0.2, 0) is 14.8 Å². The van der Waals surface area contributed by atoms with Gasteiger partial charge in [-0.3, -0.25) is 9.10 Å². The summed E-state index contributed by atoms with van der Waals surface area (Å²) in [5.41, 5.74) is 1.40. The van der Waals surface area contributed by atoms with Gasteiger partial charge in [0.2, 0.25) is 10.0 Å². The van der Waals surface area contributed by atoms with E-state index in [2.05, 4.69) is 10.1 Å². The molecule has 1 saturated heterocycles. The molecule has 2 aromatic rings. The summed E-state index contributed by atoms with van der Waals surface area (Å²) in [4.78, 5) is 24.1. The number of sulfonamides is 1. The predicted octanol–water partition coefficient (Wildman–Crippen LogP) is 3.31. The Morgan fingerprint density at radius 1 is 1.11 bits per heavy atom. The fourth-order valence-electron chi connectivity index (χ4n) is 2.93. The van der Waals surface area contributed by atoms with E-state index in [0.29, 0.717) is 29.9 Å². The van der Waals surface area contributed by atoms with Gasteiger partial charge in [-0.1, -0.05) is 11.6 Å². The van der Waals surface area contributed by atoms with Crippen molar-refractivity contribution in [2.45, 2.75) is 12.8 Å². The second kappa shape index (κ2) is 8.20. The van der Waals surface area contributed by atoms with Crippen LogP contribution in [0.25, 0.3) is 0 Å². The van der Waals surface area contributed by atoms with Crippen LogP contribution in [0, 0.1) is 0 Å². The number of carbonyl (C=O) groups is 2. The van der Waals surface area contributed by atoms with Crippen LogP contribution in [-0.4, -0.2) is 39.7 Å². The molecule has 3 rings (SSSR count). The van der Waals surface area contributed by atoms with Gasteiger partial charge in [0, 0.05) is 12.2 Å². The summed E-state index contributed by atoms with van der Waals surface area (Å²) in [5.74, 6) is -0.868. The number of hydrogen-bond acceptors (Lipinski definition) is 5. The summed E-state index contributed by atoms with van der Waals surface area (Å²) in [7, 11) is -2.10. The number of hydrogen-bond donors (Lipinski definition) is 1. The van der Waals surface area contributed by atoms with Crippen LogP contribution >= 0.6 is 11.6 Å². The van der Waals surface area contributed by atoms with Gasteiger partial charge >= 0.3 is 5.97 Å². The molecule has 1 heterocycles. The maximum Gasteiger partial charge on any atom is 0.337 e. The van der Waals surface area contributed by atoms with Crippen molar-refractivity contribution in [3.8, 4) is 0 Å². The highest BCUT2D eigenvalue weighted by Gasteiger charge is 2.27. The lowest BCUT2D eigenvalue weighted by Crippen LogP contribution is -2.38. The minimum Gasteiger partial charge on any atom is -0.465 e. The van der Waals surface area contributed by atoms with Gasteiger partial charge in [-0.2, -0.15) is 0 Å². The molecule has 0 atom stereocenters. The summed E-state index contributed by atoms with van der Waals surface area (Å²) in [5, 5.41) is 2.90. The minimum absolute atomic E-state index is 0.0870. The molecule has 1 fully saturated rings. The molecule has 1 N–H and O–H groups in total. The lowest BCUT2D eigenvalue weighted by Gasteiger charge is -2.28. The van der Waals surface area contributed by atoms with E-state index in [-0.39, 0.29) is 16.3 Å². The Balaban J connectivity index is 1.83. The zero-order chi connectivity index (χ0) is 20.3. The Hall–Kier alpha value is -2.58. The average molecular weight is 423 g/mol. The van der Waals surface area contributed by atoms with E-state index >= 15 is 0 Å². The third-order valence-corrected chi connectivity index (χ3v) is 6.59. The van der Waals surface area contributed by atoms with Crippen LogP contribution in [0.5, 0.6) is 0 Å². The lowest BCUT2D eigenvalue weighted by molar-refractivity contribution is 0.0600. The highest BCUT2D eigenvalue weighted by Crippen LogP contribution is 2.28. The van der Waals surface area contributed by atoms with Crippen molar-refractivity contribution in [3.63, 3.8) is 0 Å². The monoisotopic (exact) mass is 422 g/mol.